The molecule has 1 saturated heterocycles. The van der Waals surface area contributed by atoms with Crippen molar-refractivity contribution in [3.8, 4) is 0 Å². The van der Waals surface area contributed by atoms with E-state index in [1.807, 2.05) is 12.1 Å². The summed E-state index contributed by atoms with van der Waals surface area (Å²) in [6, 6.07) is 3.57. The van der Waals surface area contributed by atoms with Gasteiger partial charge in [0.15, 0.2) is 0 Å². The zero-order chi connectivity index (χ0) is 17.2. The lowest BCUT2D eigenvalue weighted by Gasteiger charge is -2.33. The van der Waals surface area contributed by atoms with Crippen LogP contribution in [0.3, 0.4) is 0 Å². The quantitative estimate of drug-likeness (QED) is 0.508. The number of rotatable bonds is 8. The minimum absolute atomic E-state index is 0.117. The molecule has 8 nitrogen and oxygen atoms in total. The normalized spacial score (nSPS) is 16.5. The van der Waals surface area contributed by atoms with Crippen LogP contribution in [0.2, 0.25) is 0 Å². The van der Waals surface area contributed by atoms with Crippen molar-refractivity contribution < 1.29 is 23.5 Å². The molecule has 1 fully saturated rings. The predicted octanol–water partition coefficient (Wildman–Crippen LogP) is -0.0782. The summed E-state index contributed by atoms with van der Waals surface area (Å²) in [5.74, 6) is -0.513. The molecule has 0 radical (unpaired) electrons. The fraction of sp³-hybridized carbons (Fsp3) is 0.625. The fourth-order valence-corrected chi connectivity index (χ4v) is 2.55. The zero-order valence-corrected chi connectivity index (χ0v) is 14.0. The van der Waals surface area contributed by atoms with Gasteiger partial charge >= 0.3 is 11.8 Å². The molecule has 1 atom stereocenters. The molecule has 2 rings (SSSR count). The minimum Gasteiger partial charge on any atom is -0.468 e. The van der Waals surface area contributed by atoms with Crippen LogP contribution in [-0.4, -0.2) is 69.8 Å². The molecule has 0 bridgehead atoms. The third-order valence-corrected chi connectivity index (χ3v) is 3.83. The van der Waals surface area contributed by atoms with E-state index in [0.717, 1.165) is 18.8 Å². The Morgan fingerprint density at radius 3 is 2.71 bits per heavy atom. The number of nitrogens with zero attached hydrogens (tertiary/aromatic N) is 1. The van der Waals surface area contributed by atoms with E-state index in [1.54, 1.807) is 13.4 Å². The molecule has 0 aromatic carbocycles. The highest BCUT2D eigenvalue weighted by Crippen LogP contribution is 2.21. The molecule has 0 aliphatic carbocycles. The van der Waals surface area contributed by atoms with Gasteiger partial charge in [-0.05, 0) is 18.6 Å². The first-order valence-electron chi connectivity index (χ1n) is 8.12. The summed E-state index contributed by atoms with van der Waals surface area (Å²) in [5.41, 5.74) is 0. The first kappa shape index (κ1) is 18.4. The molecule has 24 heavy (non-hydrogen) atoms. The van der Waals surface area contributed by atoms with Crippen LogP contribution in [0.25, 0.3) is 0 Å². The van der Waals surface area contributed by atoms with Gasteiger partial charge in [0, 0.05) is 39.9 Å². The average molecular weight is 339 g/mol. The van der Waals surface area contributed by atoms with E-state index in [0.29, 0.717) is 39.3 Å². The number of amides is 2. The van der Waals surface area contributed by atoms with Crippen LogP contribution in [0.4, 0.5) is 0 Å². The predicted molar refractivity (Wildman–Crippen MR) is 86.4 cm³/mol. The van der Waals surface area contributed by atoms with Crippen molar-refractivity contribution in [2.24, 2.45) is 0 Å². The highest BCUT2D eigenvalue weighted by molar-refractivity contribution is 6.35. The van der Waals surface area contributed by atoms with Gasteiger partial charge in [-0.2, -0.15) is 0 Å². The van der Waals surface area contributed by atoms with E-state index in [4.69, 9.17) is 13.9 Å². The highest BCUT2D eigenvalue weighted by atomic mass is 16.5. The van der Waals surface area contributed by atoms with Crippen molar-refractivity contribution in [3.63, 3.8) is 0 Å². The lowest BCUT2D eigenvalue weighted by molar-refractivity contribution is -0.139. The minimum atomic E-state index is -0.641. The van der Waals surface area contributed by atoms with Crippen LogP contribution >= 0.6 is 0 Å². The Morgan fingerprint density at radius 2 is 2.04 bits per heavy atom. The molecule has 1 aliphatic heterocycles. The second kappa shape index (κ2) is 10.1. The monoisotopic (exact) mass is 339 g/mol. The maximum Gasteiger partial charge on any atom is 0.309 e. The lowest BCUT2D eigenvalue weighted by atomic mass is 10.1. The van der Waals surface area contributed by atoms with Gasteiger partial charge in [0.25, 0.3) is 0 Å². The second-order valence-corrected chi connectivity index (χ2v) is 5.49. The number of ether oxygens (including phenoxy) is 2. The number of hydrogen-bond acceptors (Lipinski definition) is 6. The van der Waals surface area contributed by atoms with Crippen molar-refractivity contribution in [3.05, 3.63) is 24.2 Å². The van der Waals surface area contributed by atoms with Crippen LogP contribution in [0.15, 0.2) is 22.8 Å². The standard InChI is InChI=1S/C16H25N3O5/c1-22-8-3-5-17-15(20)16(21)18-12-13(14-4-2-9-24-14)19-6-10-23-11-7-19/h2,4,9,13H,3,5-8,10-12H2,1H3,(H,17,20)(H,18,21)/t13-/m1/s1. The van der Waals surface area contributed by atoms with Crippen molar-refractivity contribution >= 4 is 11.8 Å². The smallest absolute Gasteiger partial charge is 0.309 e. The van der Waals surface area contributed by atoms with Gasteiger partial charge < -0.3 is 24.5 Å². The molecule has 0 spiro atoms. The van der Waals surface area contributed by atoms with Gasteiger partial charge in [0.2, 0.25) is 0 Å². The molecule has 1 aromatic rings. The van der Waals surface area contributed by atoms with Crippen LogP contribution in [-0.2, 0) is 19.1 Å². The van der Waals surface area contributed by atoms with Gasteiger partial charge in [-0.1, -0.05) is 0 Å². The van der Waals surface area contributed by atoms with Gasteiger partial charge in [-0.15, -0.1) is 0 Å². The number of furan rings is 1. The molecule has 1 aromatic heterocycles. The number of carbonyl (C=O) groups excluding carboxylic acids is 2. The zero-order valence-electron chi connectivity index (χ0n) is 14.0. The number of hydrogen-bond donors (Lipinski definition) is 2. The van der Waals surface area contributed by atoms with Crippen molar-refractivity contribution in [2.45, 2.75) is 12.5 Å². The van der Waals surface area contributed by atoms with E-state index < -0.39 is 11.8 Å². The molecular weight excluding hydrogens is 314 g/mol. The van der Waals surface area contributed by atoms with E-state index >= 15 is 0 Å². The van der Waals surface area contributed by atoms with Crippen molar-refractivity contribution in [1.29, 1.82) is 0 Å². The Labute approximate surface area is 141 Å². The summed E-state index contributed by atoms with van der Waals surface area (Å²) >= 11 is 0. The molecule has 2 N–H and O–H groups in total. The van der Waals surface area contributed by atoms with E-state index in [2.05, 4.69) is 15.5 Å². The maximum atomic E-state index is 11.9. The third kappa shape index (κ3) is 5.63. The van der Waals surface area contributed by atoms with Gasteiger partial charge in [-0.25, -0.2) is 0 Å². The Kier molecular flexibility index (Phi) is 7.73. The largest absolute Gasteiger partial charge is 0.468 e. The highest BCUT2D eigenvalue weighted by Gasteiger charge is 2.26. The second-order valence-electron chi connectivity index (χ2n) is 5.49. The number of carbonyl (C=O) groups is 2. The third-order valence-electron chi connectivity index (χ3n) is 3.83. The topological polar surface area (TPSA) is 93.0 Å². The van der Waals surface area contributed by atoms with E-state index in [1.165, 1.54) is 0 Å². The van der Waals surface area contributed by atoms with Crippen LogP contribution in [0.5, 0.6) is 0 Å². The van der Waals surface area contributed by atoms with Gasteiger partial charge in [0.05, 0.1) is 25.5 Å². The number of methoxy groups -OCH3 is 1. The number of nitrogens with one attached hydrogen (secondary N) is 2. The summed E-state index contributed by atoms with van der Waals surface area (Å²) < 4.78 is 15.7. The molecule has 1 aliphatic rings. The van der Waals surface area contributed by atoms with Crippen molar-refractivity contribution in [1.82, 2.24) is 15.5 Å². The molecule has 0 saturated carbocycles. The Balaban J connectivity index is 1.83. The SMILES string of the molecule is COCCCNC(=O)C(=O)NC[C@H](c1ccco1)N1CCOCC1. The summed E-state index contributed by atoms with van der Waals surface area (Å²) in [4.78, 5) is 25.9. The molecule has 8 heteroatoms. The lowest BCUT2D eigenvalue weighted by Crippen LogP contribution is -2.46. The first-order chi connectivity index (χ1) is 11.7. The Bertz CT molecular complexity index is 500. The van der Waals surface area contributed by atoms with Gasteiger partial charge in [0.1, 0.15) is 5.76 Å². The maximum absolute atomic E-state index is 11.9. The molecule has 0 unspecified atom stereocenters. The molecule has 2 amide bonds. The van der Waals surface area contributed by atoms with E-state index in [9.17, 15) is 9.59 Å². The molecule has 2 heterocycles. The Morgan fingerprint density at radius 1 is 1.29 bits per heavy atom. The van der Waals surface area contributed by atoms with Gasteiger partial charge in [-0.3, -0.25) is 14.5 Å². The molecular formula is C16H25N3O5. The van der Waals surface area contributed by atoms with Crippen LogP contribution in [0, 0.1) is 0 Å². The first-order valence-corrected chi connectivity index (χ1v) is 8.12. The summed E-state index contributed by atoms with van der Waals surface area (Å²) in [7, 11) is 1.59. The number of morpholine rings is 1. The fourth-order valence-electron chi connectivity index (χ4n) is 2.55. The summed E-state index contributed by atoms with van der Waals surface area (Å²) in [5, 5.41) is 5.25. The van der Waals surface area contributed by atoms with E-state index in [-0.39, 0.29) is 6.04 Å². The average Bonchev–Trinajstić information content (AvgIpc) is 3.14. The Hall–Kier alpha value is -1.90. The van der Waals surface area contributed by atoms with Crippen molar-refractivity contribution in [2.75, 3.05) is 53.1 Å². The van der Waals surface area contributed by atoms with Crippen LogP contribution < -0.4 is 10.6 Å². The summed E-state index contributed by atoms with van der Waals surface area (Å²) in [6.45, 7) is 4.05. The van der Waals surface area contributed by atoms with Crippen LogP contribution in [0.1, 0.15) is 18.2 Å². The molecule has 134 valence electrons. The summed E-state index contributed by atoms with van der Waals surface area (Å²) in [6.07, 6.45) is 2.27.